The van der Waals surface area contributed by atoms with E-state index in [0.29, 0.717) is 17.8 Å². The molecule has 4 aromatic carbocycles. The molecule has 0 amide bonds. The van der Waals surface area contributed by atoms with Gasteiger partial charge in [-0.1, -0.05) is 91.0 Å². The predicted octanol–water partition coefficient (Wildman–Crippen LogP) is 6.53. The zero-order valence-corrected chi connectivity index (χ0v) is 17.3. The lowest BCUT2D eigenvalue weighted by atomic mass is 9.87. The van der Waals surface area contributed by atoms with Crippen LogP contribution in [0.1, 0.15) is 28.4 Å². The van der Waals surface area contributed by atoms with Crippen molar-refractivity contribution in [3.05, 3.63) is 130 Å². The Morgan fingerprint density at radius 2 is 1.34 bits per heavy atom. The number of hydrogen-bond donors (Lipinski definition) is 0. The second kappa shape index (κ2) is 7.54. The summed E-state index contributed by atoms with van der Waals surface area (Å²) in [7, 11) is 0. The minimum Gasteiger partial charge on any atom is -0.488 e. The van der Waals surface area contributed by atoms with Crippen LogP contribution in [0.2, 0.25) is 0 Å². The highest BCUT2D eigenvalue weighted by molar-refractivity contribution is 6.14. The van der Waals surface area contributed by atoms with Gasteiger partial charge in [0.15, 0.2) is 0 Å². The van der Waals surface area contributed by atoms with Gasteiger partial charge in [0.2, 0.25) is 0 Å². The zero-order chi connectivity index (χ0) is 21.5. The molecule has 5 aromatic rings. The molecule has 0 N–H and O–H groups in total. The van der Waals surface area contributed by atoms with Crippen LogP contribution in [0.3, 0.4) is 0 Å². The van der Waals surface area contributed by atoms with Crippen molar-refractivity contribution in [1.82, 2.24) is 0 Å². The molecule has 0 aliphatic carbocycles. The van der Waals surface area contributed by atoms with E-state index in [1.807, 2.05) is 78.9 Å². The van der Waals surface area contributed by atoms with E-state index in [4.69, 9.17) is 9.15 Å². The first-order valence-electron chi connectivity index (χ1n) is 10.7. The molecule has 0 bridgehead atoms. The summed E-state index contributed by atoms with van der Waals surface area (Å²) in [5.74, 6) is 1.19. The summed E-state index contributed by atoms with van der Waals surface area (Å²) < 4.78 is 12.0. The lowest BCUT2D eigenvalue weighted by molar-refractivity contribution is 0.363. The molecule has 154 valence electrons. The first-order chi connectivity index (χ1) is 15.8. The Kier molecular flexibility index (Phi) is 4.39. The third-order valence-electron chi connectivity index (χ3n) is 6.11. The van der Waals surface area contributed by atoms with Crippen molar-refractivity contribution < 1.29 is 9.15 Å². The molecule has 0 saturated heterocycles. The Labute approximate surface area is 185 Å². The van der Waals surface area contributed by atoms with Gasteiger partial charge in [0.25, 0.3) is 0 Å². The molecule has 6 rings (SSSR count). The Hall–Kier alpha value is -4.11. The van der Waals surface area contributed by atoms with Crippen LogP contribution < -0.4 is 10.4 Å². The van der Waals surface area contributed by atoms with E-state index in [0.717, 1.165) is 38.6 Å². The van der Waals surface area contributed by atoms with Crippen molar-refractivity contribution in [2.45, 2.75) is 5.92 Å². The first kappa shape index (κ1) is 18.6. The Morgan fingerprint density at radius 1 is 0.719 bits per heavy atom. The highest BCUT2D eigenvalue weighted by Gasteiger charge is 2.24. The molecule has 1 aliphatic heterocycles. The average Bonchev–Trinajstić information content (AvgIpc) is 2.85. The monoisotopic (exact) mass is 416 g/mol. The lowest BCUT2D eigenvalue weighted by Crippen LogP contribution is -2.11. The quantitative estimate of drug-likeness (QED) is 0.314. The van der Waals surface area contributed by atoms with Crippen molar-refractivity contribution in [1.29, 1.82) is 0 Å². The minimum absolute atomic E-state index is 0.184. The molecule has 0 saturated carbocycles. The fourth-order valence-electron chi connectivity index (χ4n) is 4.72. The molecule has 1 aromatic heterocycles. The lowest BCUT2D eigenvalue weighted by Gasteiger charge is -2.20. The van der Waals surface area contributed by atoms with Crippen molar-refractivity contribution in [2.75, 3.05) is 6.61 Å². The van der Waals surface area contributed by atoms with Crippen molar-refractivity contribution in [3.8, 4) is 5.75 Å². The van der Waals surface area contributed by atoms with Gasteiger partial charge in [0.05, 0.1) is 11.3 Å². The maximum absolute atomic E-state index is 13.4. The van der Waals surface area contributed by atoms with Gasteiger partial charge in [-0.25, -0.2) is 4.79 Å². The third-order valence-corrected chi connectivity index (χ3v) is 6.11. The van der Waals surface area contributed by atoms with Gasteiger partial charge in [-0.3, -0.25) is 0 Å². The van der Waals surface area contributed by atoms with E-state index in [2.05, 4.69) is 24.3 Å². The third kappa shape index (κ3) is 2.94. The summed E-state index contributed by atoms with van der Waals surface area (Å²) in [4.78, 5) is 13.4. The van der Waals surface area contributed by atoms with Gasteiger partial charge in [-0.05, 0) is 28.7 Å². The summed E-state index contributed by atoms with van der Waals surface area (Å²) >= 11 is 0. The van der Waals surface area contributed by atoms with Gasteiger partial charge in [-0.2, -0.15) is 0 Å². The van der Waals surface area contributed by atoms with Crippen LogP contribution in [-0.2, 0) is 0 Å². The molecule has 3 heteroatoms. The number of fused-ring (bicyclic) bond motifs is 6. The second-order valence-corrected chi connectivity index (χ2v) is 7.98. The second-order valence-electron chi connectivity index (χ2n) is 7.98. The van der Waals surface area contributed by atoms with Gasteiger partial charge in [-0.15, -0.1) is 0 Å². The average molecular weight is 416 g/mol. The zero-order valence-electron chi connectivity index (χ0n) is 17.3. The molecular weight excluding hydrogens is 396 g/mol. The fourth-order valence-corrected chi connectivity index (χ4v) is 4.72. The summed E-state index contributed by atoms with van der Waals surface area (Å²) in [6, 6.07) is 30.4. The van der Waals surface area contributed by atoms with Crippen molar-refractivity contribution >= 4 is 27.6 Å². The van der Waals surface area contributed by atoms with Crippen LogP contribution >= 0.6 is 0 Å². The first-order valence-corrected chi connectivity index (χ1v) is 10.7. The van der Waals surface area contributed by atoms with Crippen LogP contribution in [0.5, 0.6) is 5.75 Å². The number of ether oxygens (including phenoxy) is 1. The van der Waals surface area contributed by atoms with E-state index in [-0.39, 0.29) is 11.5 Å². The number of hydrogen-bond acceptors (Lipinski definition) is 3. The molecule has 2 heterocycles. The van der Waals surface area contributed by atoms with Gasteiger partial charge in [0, 0.05) is 16.3 Å². The van der Waals surface area contributed by atoms with Gasteiger partial charge >= 0.3 is 5.63 Å². The Morgan fingerprint density at radius 3 is 2.03 bits per heavy atom. The Bertz CT molecular complexity index is 1490. The van der Waals surface area contributed by atoms with Crippen LogP contribution in [0.4, 0.5) is 0 Å². The fraction of sp³-hybridized carbons (Fsp3) is 0.0690. The maximum Gasteiger partial charge on any atom is 0.344 e. The highest BCUT2D eigenvalue weighted by Crippen LogP contribution is 2.41. The Balaban J connectivity index is 1.70. The van der Waals surface area contributed by atoms with Crippen LogP contribution in [0.25, 0.3) is 27.6 Å². The largest absolute Gasteiger partial charge is 0.488 e. The number of rotatable bonds is 3. The van der Waals surface area contributed by atoms with E-state index in [1.165, 1.54) is 0 Å². The summed E-state index contributed by atoms with van der Waals surface area (Å²) in [6.45, 7) is 0.496. The molecule has 1 aliphatic rings. The van der Waals surface area contributed by atoms with Crippen LogP contribution in [-0.4, -0.2) is 6.61 Å². The normalized spacial score (nSPS) is 12.8. The predicted molar refractivity (Wildman–Crippen MR) is 128 cm³/mol. The molecule has 3 nitrogen and oxygen atoms in total. The molecule has 32 heavy (non-hydrogen) atoms. The smallest absolute Gasteiger partial charge is 0.344 e. The number of benzene rings is 4. The molecule has 0 radical (unpaired) electrons. The van der Waals surface area contributed by atoms with Crippen molar-refractivity contribution in [3.63, 3.8) is 0 Å². The minimum atomic E-state index is -0.341. The van der Waals surface area contributed by atoms with Crippen LogP contribution in [0.15, 0.2) is 106 Å². The van der Waals surface area contributed by atoms with Gasteiger partial charge < -0.3 is 9.15 Å². The van der Waals surface area contributed by atoms with Crippen molar-refractivity contribution in [2.24, 2.45) is 0 Å². The molecule has 0 spiro atoms. The SMILES string of the molecule is O=c1oc(C(c2ccccc2)c2ccccc2)cc2c1c1c(c3ccccc32)OCC=C1. The summed E-state index contributed by atoms with van der Waals surface area (Å²) in [5.41, 5.74) is 2.60. The molecule has 0 fully saturated rings. The standard InChI is InChI=1S/C29H20O3/c30-29-27-23-16-9-17-31-28(23)22-15-8-7-14-21(22)24(27)18-25(32-29)26(19-10-3-1-4-11-19)20-12-5-2-6-13-20/h1-16,18,26H,17H2. The van der Waals surface area contributed by atoms with E-state index in [1.54, 1.807) is 0 Å². The maximum atomic E-state index is 13.4. The van der Waals surface area contributed by atoms with Crippen LogP contribution in [0, 0.1) is 0 Å². The highest BCUT2D eigenvalue weighted by atomic mass is 16.5. The van der Waals surface area contributed by atoms with E-state index < -0.39 is 0 Å². The van der Waals surface area contributed by atoms with E-state index >= 15 is 0 Å². The molecule has 0 unspecified atom stereocenters. The topological polar surface area (TPSA) is 39.4 Å². The summed E-state index contributed by atoms with van der Waals surface area (Å²) in [6.07, 6.45) is 3.90. The summed E-state index contributed by atoms with van der Waals surface area (Å²) in [5, 5.41) is 3.45. The molecular formula is C29H20O3. The van der Waals surface area contributed by atoms with Gasteiger partial charge in [0.1, 0.15) is 18.1 Å². The van der Waals surface area contributed by atoms with E-state index in [9.17, 15) is 4.79 Å². The molecule has 0 atom stereocenters.